The summed E-state index contributed by atoms with van der Waals surface area (Å²) >= 11 is 0. The van der Waals surface area contributed by atoms with Gasteiger partial charge in [-0.15, -0.1) is 0 Å². The average Bonchev–Trinajstić information content (AvgIpc) is 2.23. The number of hydrogen-bond donors (Lipinski definition) is 1. The number of ether oxygens (including phenoxy) is 2. The predicted molar refractivity (Wildman–Crippen MR) is 56.5 cm³/mol. The standard InChI is InChI=1S/C11H16FNO2/c1-8-5-9(3-4-11(8)12)15-10(6-13)7-14-2/h3-5,10H,6-7,13H2,1-2H3. The number of hydrogen-bond acceptors (Lipinski definition) is 3. The van der Waals surface area contributed by atoms with E-state index in [1.165, 1.54) is 6.07 Å². The zero-order chi connectivity index (χ0) is 11.3. The molecule has 15 heavy (non-hydrogen) atoms. The van der Waals surface area contributed by atoms with Crippen molar-refractivity contribution in [3.05, 3.63) is 29.6 Å². The van der Waals surface area contributed by atoms with Crippen molar-refractivity contribution in [1.29, 1.82) is 0 Å². The van der Waals surface area contributed by atoms with Crippen LogP contribution >= 0.6 is 0 Å². The maximum atomic E-state index is 13.0. The molecule has 0 aromatic heterocycles. The molecule has 1 aromatic carbocycles. The SMILES string of the molecule is COCC(CN)Oc1ccc(F)c(C)c1. The van der Waals surface area contributed by atoms with E-state index in [9.17, 15) is 4.39 Å². The Labute approximate surface area is 89.0 Å². The van der Waals surface area contributed by atoms with Gasteiger partial charge in [0.05, 0.1) is 6.61 Å². The number of nitrogens with two attached hydrogens (primary N) is 1. The fraction of sp³-hybridized carbons (Fsp3) is 0.455. The molecule has 0 aliphatic heterocycles. The molecule has 1 aromatic rings. The lowest BCUT2D eigenvalue weighted by Gasteiger charge is -2.16. The molecule has 0 saturated carbocycles. The first-order chi connectivity index (χ1) is 7.17. The second-order valence-electron chi connectivity index (χ2n) is 3.34. The third-order valence-electron chi connectivity index (χ3n) is 2.05. The van der Waals surface area contributed by atoms with E-state index in [1.807, 2.05) is 0 Å². The van der Waals surface area contributed by atoms with Crippen molar-refractivity contribution in [2.24, 2.45) is 5.73 Å². The maximum Gasteiger partial charge on any atom is 0.134 e. The van der Waals surface area contributed by atoms with Crippen molar-refractivity contribution in [2.75, 3.05) is 20.3 Å². The van der Waals surface area contributed by atoms with Crippen LogP contribution in [0.2, 0.25) is 0 Å². The van der Waals surface area contributed by atoms with E-state index < -0.39 is 0 Å². The molecule has 2 N–H and O–H groups in total. The van der Waals surface area contributed by atoms with Crippen molar-refractivity contribution in [3.8, 4) is 5.75 Å². The number of benzene rings is 1. The minimum Gasteiger partial charge on any atom is -0.487 e. The molecule has 4 heteroatoms. The fourth-order valence-corrected chi connectivity index (χ4v) is 1.22. The molecule has 1 unspecified atom stereocenters. The quantitative estimate of drug-likeness (QED) is 0.805. The Balaban J connectivity index is 2.66. The van der Waals surface area contributed by atoms with Crippen LogP contribution in [0.25, 0.3) is 0 Å². The van der Waals surface area contributed by atoms with Crippen LogP contribution in [0.5, 0.6) is 5.75 Å². The van der Waals surface area contributed by atoms with E-state index in [-0.39, 0.29) is 11.9 Å². The number of aryl methyl sites for hydroxylation is 1. The highest BCUT2D eigenvalue weighted by Crippen LogP contribution is 2.17. The van der Waals surface area contributed by atoms with Gasteiger partial charge in [0, 0.05) is 13.7 Å². The van der Waals surface area contributed by atoms with Gasteiger partial charge >= 0.3 is 0 Å². The largest absolute Gasteiger partial charge is 0.487 e. The molecule has 0 radical (unpaired) electrons. The summed E-state index contributed by atoms with van der Waals surface area (Å²) in [4.78, 5) is 0. The monoisotopic (exact) mass is 213 g/mol. The Morgan fingerprint density at radius 3 is 2.73 bits per heavy atom. The van der Waals surface area contributed by atoms with Gasteiger partial charge in [0.1, 0.15) is 17.7 Å². The minimum atomic E-state index is -0.238. The Morgan fingerprint density at radius 1 is 1.47 bits per heavy atom. The summed E-state index contributed by atoms with van der Waals surface area (Å²) in [6, 6.07) is 4.61. The summed E-state index contributed by atoms with van der Waals surface area (Å²) in [6.07, 6.45) is -0.195. The number of halogens is 1. The van der Waals surface area contributed by atoms with Gasteiger partial charge in [0.15, 0.2) is 0 Å². The van der Waals surface area contributed by atoms with Crippen LogP contribution in [0.4, 0.5) is 4.39 Å². The molecule has 84 valence electrons. The Morgan fingerprint density at radius 2 is 2.20 bits per heavy atom. The molecule has 0 amide bonds. The van der Waals surface area contributed by atoms with Crippen LogP contribution in [0.1, 0.15) is 5.56 Å². The van der Waals surface area contributed by atoms with Gasteiger partial charge in [-0.05, 0) is 30.7 Å². The zero-order valence-electron chi connectivity index (χ0n) is 9.00. The molecule has 1 atom stereocenters. The normalized spacial score (nSPS) is 12.5. The molecule has 1 rings (SSSR count). The van der Waals surface area contributed by atoms with Gasteiger partial charge in [-0.3, -0.25) is 0 Å². The van der Waals surface area contributed by atoms with Crippen LogP contribution < -0.4 is 10.5 Å². The van der Waals surface area contributed by atoms with Crippen LogP contribution in [0.3, 0.4) is 0 Å². The first kappa shape index (κ1) is 11.9. The first-order valence-corrected chi connectivity index (χ1v) is 4.79. The molecule has 0 fully saturated rings. The van der Waals surface area contributed by atoms with Gasteiger partial charge in [0.25, 0.3) is 0 Å². The molecule has 0 bridgehead atoms. The number of rotatable bonds is 5. The molecule has 0 heterocycles. The fourth-order valence-electron chi connectivity index (χ4n) is 1.22. The molecular weight excluding hydrogens is 197 g/mol. The van der Waals surface area contributed by atoms with Crippen LogP contribution in [0.15, 0.2) is 18.2 Å². The van der Waals surface area contributed by atoms with Crippen LogP contribution in [-0.2, 0) is 4.74 Å². The van der Waals surface area contributed by atoms with Gasteiger partial charge in [0.2, 0.25) is 0 Å². The third kappa shape index (κ3) is 3.49. The summed E-state index contributed by atoms with van der Waals surface area (Å²) in [5.74, 6) is 0.375. The summed E-state index contributed by atoms with van der Waals surface area (Å²) in [7, 11) is 1.59. The van der Waals surface area contributed by atoms with Crippen molar-refractivity contribution in [2.45, 2.75) is 13.0 Å². The third-order valence-corrected chi connectivity index (χ3v) is 2.05. The van der Waals surface area contributed by atoms with Crippen LogP contribution in [-0.4, -0.2) is 26.4 Å². The lowest BCUT2D eigenvalue weighted by Crippen LogP contribution is -2.31. The van der Waals surface area contributed by atoms with E-state index in [1.54, 1.807) is 26.2 Å². The van der Waals surface area contributed by atoms with E-state index >= 15 is 0 Å². The van der Waals surface area contributed by atoms with E-state index in [0.29, 0.717) is 24.5 Å². The van der Waals surface area contributed by atoms with Crippen molar-refractivity contribution >= 4 is 0 Å². The molecule has 0 aliphatic rings. The van der Waals surface area contributed by atoms with Gasteiger partial charge in [-0.2, -0.15) is 0 Å². The van der Waals surface area contributed by atoms with Gasteiger partial charge in [-0.25, -0.2) is 4.39 Å². The Bertz CT molecular complexity index is 317. The molecular formula is C11H16FNO2. The zero-order valence-corrected chi connectivity index (χ0v) is 9.00. The molecule has 0 spiro atoms. The van der Waals surface area contributed by atoms with Crippen LogP contribution in [0, 0.1) is 12.7 Å². The number of methoxy groups -OCH3 is 1. The van der Waals surface area contributed by atoms with E-state index in [0.717, 1.165) is 0 Å². The maximum absolute atomic E-state index is 13.0. The Kier molecular flexibility index (Phi) is 4.52. The molecule has 0 saturated heterocycles. The minimum absolute atomic E-state index is 0.195. The van der Waals surface area contributed by atoms with E-state index in [2.05, 4.69) is 0 Å². The molecule has 3 nitrogen and oxygen atoms in total. The van der Waals surface area contributed by atoms with Crippen molar-refractivity contribution in [3.63, 3.8) is 0 Å². The Hall–Kier alpha value is -1.13. The first-order valence-electron chi connectivity index (χ1n) is 4.79. The van der Waals surface area contributed by atoms with Gasteiger partial charge < -0.3 is 15.2 Å². The summed E-state index contributed by atoms with van der Waals surface area (Å²) in [5.41, 5.74) is 6.05. The second-order valence-corrected chi connectivity index (χ2v) is 3.34. The topological polar surface area (TPSA) is 44.5 Å². The highest BCUT2D eigenvalue weighted by Gasteiger charge is 2.08. The summed E-state index contributed by atoms with van der Waals surface area (Å²) in [6.45, 7) is 2.48. The van der Waals surface area contributed by atoms with Crippen molar-refractivity contribution < 1.29 is 13.9 Å². The van der Waals surface area contributed by atoms with E-state index in [4.69, 9.17) is 15.2 Å². The lowest BCUT2D eigenvalue weighted by molar-refractivity contribution is 0.0859. The van der Waals surface area contributed by atoms with Crippen molar-refractivity contribution in [1.82, 2.24) is 0 Å². The smallest absolute Gasteiger partial charge is 0.134 e. The highest BCUT2D eigenvalue weighted by molar-refractivity contribution is 5.29. The molecule has 0 aliphatic carbocycles. The average molecular weight is 213 g/mol. The second kappa shape index (κ2) is 5.68. The predicted octanol–water partition coefficient (Wildman–Crippen LogP) is 1.49. The summed E-state index contributed by atoms with van der Waals surface area (Å²) < 4.78 is 23.4. The summed E-state index contributed by atoms with van der Waals surface area (Å²) in [5, 5.41) is 0. The lowest BCUT2D eigenvalue weighted by atomic mass is 10.2. The highest BCUT2D eigenvalue weighted by atomic mass is 19.1. The van der Waals surface area contributed by atoms with Gasteiger partial charge in [-0.1, -0.05) is 0 Å².